The van der Waals surface area contributed by atoms with Crippen LogP contribution in [0.2, 0.25) is 0 Å². The highest BCUT2D eigenvalue weighted by atomic mass is 31.2. The Bertz CT molecular complexity index is 2540. The van der Waals surface area contributed by atoms with E-state index in [-0.39, 0.29) is 19.3 Å². The van der Waals surface area contributed by atoms with Crippen LogP contribution in [0.15, 0.2) is 158 Å². The number of rotatable bonds is 76. The number of aliphatic hydroxyl groups is 2. The monoisotopic (exact) mass is 1510 g/mol. The van der Waals surface area contributed by atoms with Gasteiger partial charge in [0.2, 0.25) is 0 Å². The molecule has 0 aliphatic rings. The highest BCUT2D eigenvalue weighted by molar-refractivity contribution is 7.47. The van der Waals surface area contributed by atoms with E-state index >= 15 is 0 Å². The minimum atomic E-state index is -4.94. The first kappa shape index (κ1) is 100. The van der Waals surface area contributed by atoms with Crippen LogP contribution in [-0.4, -0.2) is 95.9 Å². The van der Waals surface area contributed by atoms with Gasteiger partial charge in [-0.3, -0.25) is 32.5 Å². The fraction of sp³-hybridized carbons (Fsp3) is 0.667. The van der Waals surface area contributed by atoms with Crippen molar-refractivity contribution in [3.8, 4) is 0 Å². The molecule has 0 bridgehead atoms. The van der Waals surface area contributed by atoms with E-state index in [1.165, 1.54) is 83.5 Å². The van der Waals surface area contributed by atoms with Crippen molar-refractivity contribution < 1.29 is 75.8 Å². The lowest BCUT2D eigenvalue weighted by Crippen LogP contribution is -2.30. The van der Waals surface area contributed by atoms with Crippen LogP contribution in [0.25, 0.3) is 0 Å². The summed E-state index contributed by atoms with van der Waals surface area (Å²) in [7, 11) is -9.81. The maximum Gasteiger partial charge on any atom is 0.472 e. The number of hydrogen-bond donors (Lipinski definition) is 4. The molecule has 0 saturated heterocycles. The van der Waals surface area contributed by atoms with Gasteiger partial charge in [-0.05, 0) is 141 Å². The van der Waals surface area contributed by atoms with Gasteiger partial charge in [-0.15, -0.1) is 0 Å². The van der Waals surface area contributed by atoms with Gasteiger partial charge in [0.15, 0.2) is 6.10 Å². The van der Waals surface area contributed by atoms with Crippen LogP contribution in [-0.2, 0) is 55.8 Å². The Morgan fingerprint density at radius 2 is 0.476 bits per heavy atom. The summed E-state index contributed by atoms with van der Waals surface area (Å²) in [4.78, 5) is 58.7. The fourth-order valence-electron chi connectivity index (χ4n) is 10.6. The van der Waals surface area contributed by atoms with E-state index in [9.17, 15) is 43.5 Å². The van der Waals surface area contributed by atoms with Crippen LogP contribution in [0.1, 0.15) is 316 Å². The van der Waals surface area contributed by atoms with Crippen LogP contribution in [0.5, 0.6) is 0 Å². The second kappa shape index (κ2) is 78.7. The standard InChI is InChI=1S/C87H146O16P2/c1-4-7-10-13-16-19-22-25-28-30-32-34-36-38-40-42-44-46-48-50-53-55-58-61-64-67-70-73-85(90)97-76-82(88)77-99-104(93,94)100-78-83(89)79-101-105(95,96)102-81-84(103-87(92)75-72-69-66-63-60-57-52-27-24-21-18-15-12-9-6-3)80-98-86(91)74-71-68-65-62-59-56-54-51-49-47-45-43-41-39-37-35-33-31-29-26-23-20-17-14-11-8-5-2/h7-12,16-21,25-29,32-35,38-41,52,82-84,88-89H,4-6,13-15,22-24,30-31,36-37,42-51,53-81H2,1-3H3,(H,93,94)(H,95,96)/b10-7-,11-8-,12-9-,19-16-,20-17-,21-18-,28-25-,29-26-,34-32-,35-33-,40-38-,41-39-,52-27-. The van der Waals surface area contributed by atoms with Crippen LogP contribution in [0, 0.1) is 0 Å². The lowest BCUT2D eigenvalue weighted by molar-refractivity contribution is -0.161. The Morgan fingerprint density at radius 3 is 0.752 bits per heavy atom. The molecule has 0 aromatic carbocycles. The highest BCUT2D eigenvalue weighted by Crippen LogP contribution is 2.45. The third-order valence-corrected chi connectivity index (χ3v) is 18.6. The van der Waals surface area contributed by atoms with Gasteiger partial charge in [-0.25, -0.2) is 9.13 Å². The summed E-state index contributed by atoms with van der Waals surface area (Å²) in [6.45, 7) is 2.32. The molecule has 5 atom stereocenters. The number of allylic oxidation sites excluding steroid dienone is 26. The fourth-order valence-corrected chi connectivity index (χ4v) is 12.2. The maximum absolute atomic E-state index is 13.0. The molecule has 4 N–H and O–H groups in total. The number of ether oxygens (including phenoxy) is 3. The van der Waals surface area contributed by atoms with Crippen molar-refractivity contribution in [3.05, 3.63) is 158 Å². The number of esters is 3. The molecular formula is C87H146O16P2. The molecule has 0 amide bonds. The summed E-state index contributed by atoms with van der Waals surface area (Å²) in [6, 6.07) is 0. The minimum Gasteiger partial charge on any atom is -0.463 e. The molecule has 600 valence electrons. The van der Waals surface area contributed by atoms with Gasteiger partial charge >= 0.3 is 33.6 Å². The van der Waals surface area contributed by atoms with Crippen molar-refractivity contribution in [2.45, 2.75) is 334 Å². The predicted octanol–water partition coefficient (Wildman–Crippen LogP) is 24.2. The van der Waals surface area contributed by atoms with E-state index in [4.69, 9.17) is 32.3 Å². The molecule has 0 radical (unpaired) electrons. The molecule has 0 heterocycles. The van der Waals surface area contributed by atoms with Crippen LogP contribution >= 0.6 is 15.6 Å². The first-order valence-electron chi connectivity index (χ1n) is 40.8. The summed E-state index contributed by atoms with van der Waals surface area (Å²) in [5.74, 6) is -1.60. The van der Waals surface area contributed by atoms with E-state index in [1.54, 1.807) is 0 Å². The largest absolute Gasteiger partial charge is 0.472 e. The van der Waals surface area contributed by atoms with Gasteiger partial charge in [0.25, 0.3) is 0 Å². The van der Waals surface area contributed by atoms with Crippen molar-refractivity contribution in [2.24, 2.45) is 0 Å². The van der Waals surface area contributed by atoms with Gasteiger partial charge in [0.05, 0.1) is 26.4 Å². The smallest absolute Gasteiger partial charge is 0.463 e. The SMILES string of the molecule is CC/C=C\C/C=C\C/C=C\C/C=C\C/C=C\CCCCCCCCCCCCCC(=O)OCC(O)COP(=O)(O)OCC(O)COP(=O)(O)OCC(COC(=O)CCCCCCCCCCCCC/C=C\C/C=C\C/C=C\C/C=C\C/C=C\CC)OC(=O)CCCCCCC/C=C\C/C=C\C/C=C\CC. The first-order valence-corrected chi connectivity index (χ1v) is 43.8. The van der Waals surface area contributed by atoms with Crippen molar-refractivity contribution >= 4 is 33.6 Å². The van der Waals surface area contributed by atoms with Gasteiger partial charge < -0.3 is 34.2 Å². The number of phosphoric acid groups is 2. The quantitative estimate of drug-likeness (QED) is 0.0146. The second-order valence-electron chi connectivity index (χ2n) is 26.8. The zero-order valence-corrected chi connectivity index (χ0v) is 67.4. The van der Waals surface area contributed by atoms with Crippen molar-refractivity contribution in [3.63, 3.8) is 0 Å². The molecule has 0 aliphatic carbocycles. The Labute approximate surface area is 638 Å². The van der Waals surface area contributed by atoms with E-state index in [0.717, 1.165) is 173 Å². The molecule has 16 nitrogen and oxygen atoms in total. The molecule has 0 saturated carbocycles. The van der Waals surface area contributed by atoms with E-state index in [1.807, 2.05) is 0 Å². The van der Waals surface area contributed by atoms with Crippen LogP contribution in [0.3, 0.4) is 0 Å². The van der Waals surface area contributed by atoms with Crippen molar-refractivity contribution in [1.29, 1.82) is 0 Å². The first-order chi connectivity index (χ1) is 51.2. The molecule has 0 aromatic rings. The van der Waals surface area contributed by atoms with Gasteiger partial charge in [0, 0.05) is 19.3 Å². The van der Waals surface area contributed by atoms with E-state index < -0.39 is 91.5 Å². The topological polar surface area (TPSA) is 231 Å². The third-order valence-electron chi connectivity index (χ3n) is 16.7. The second-order valence-corrected chi connectivity index (χ2v) is 29.7. The number of carbonyl (C=O) groups excluding carboxylic acids is 3. The summed E-state index contributed by atoms with van der Waals surface area (Å²) >= 11 is 0. The summed E-state index contributed by atoms with van der Waals surface area (Å²) in [5.41, 5.74) is 0. The molecule has 5 unspecified atom stereocenters. The lowest BCUT2D eigenvalue weighted by Gasteiger charge is -2.21. The summed E-state index contributed by atoms with van der Waals surface area (Å²) < 4.78 is 61.2. The number of unbranched alkanes of at least 4 members (excludes halogenated alkanes) is 27. The number of phosphoric ester groups is 2. The molecule has 0 aromatic heterocycles. The number of hydrogen-bond acceptors (Lipinski definition) is 14. The Balaban J connectivity index is 4.57. The Kier molecular flexibility index (Phi) is 75.1. The lowest BCUT2D eigenvalue weighted by atomic mass is 10.0. The molecule has 0 rings (SSSR count). The molecule has 105 heavy (non-hydrogen) atoms. The minimum absolute atomic E-state index is 0.0807. The molecular weight excluding hydrogens is 1360 g/mol. The van der Waals surface area contributed by atoms with Crippen molar-refractivity contribution in [2.75, 3.05) is 39.6 Å². The number of aliphatic hydroxyl groups excluding tert-OH is 2. The molecule has 18 heteroatoms. The van der Waals surface area contributed by atoms with Crippen LogP contribution < -0.4 is 0 Å². The third kappa shape index (κ3) is 80.0. The average Bonchev–Trinajstić information content (AvgIpc) is 0.942. The van der Waals surface area contributed by atoms with Crippen molar-refractivity contribution in [1.82, 2.24) is 0 Å². The average molecular weight is 1510 g/mol. The predicted molar refractivity (Wildman–Crippen MR) is 435 cm³/mol. The van der Waals surface area contributed by atoms with E-state index in [0.29, 0.717) is 19.3 Å². The number of carbonyl (C=O) groups is 3. The summed E-state index contributed by atoms with van der Waals surface area (Å²) in [5, 5.41) is 20.7. The highest BCUT2D eigenvalue weighted by Gasteiger charge is 2.29. The molecule has 0 fully saturated rings. The maximum atomic E-state index is 13.0. The van der Waals surface area contributed by atoms with Crippen LogP contribution in [0.4, 0.5) is 0 Å². The van der Waals surface area contributed by atoms with Gasteiger partial charge in [-0.2, -0.15) is 0 Å². The molecule has 0 aliphatic heterocycles. The zero-order chi connectivity index (χ0) is 76.6. The Morgan fingerprint density at radius 1 is 0.267 bits per heavy atom. The zero-order valence-electron chi connectivity index (χ0n) is 65.6. The molecule has 0 spiro atoms. The summed E-state index contributed by atoms with van der Waals surface area (Å²) in [6.07, 6.45) is 98.6. The van der Waals surface area contributed by atoms with E-state index in [2.05, 4.69) is 179 Å². The van der Waals surface area contributed by atoms with Gasteiger partial charge in [0.1, 0.15) is 25.4 Å². The Hall–Kier alpha value is -4.83. The normalized spacial score (nSPS) is 14.8. The van der Waals surface area contributed by atoms with Gasteiger partial charge in [-0.1, -0.05) is 314 Å².